The predicted octanol–water partition coefficient (Wildman–Crippen LogP) is 5.35. The maximum absolute atomic E-state index is 14.5. The molecular formula is C42H53N9O4. The highest BCUT2D eigenvalue weighted by Gasteiger charge is 2.51. The highest BCUT2D eigenvalue weighted by molar-refractivity contribution is 5.90. The van der Waals surface area contributed by atoms with E-state index < -0.39 is 29.9 Å². The summed E-state index contributed by atoms with van der Waals surface area (Å²) in [6, 6.07) is 8.86. The molecule has 4 aliphatic rings. The molecule has 2 unspecified atom stereocenters. The number of para-hydroxylation sites is 1. The van der Waals surface area contributed by atoms with Gasteiger partial charge in [0, 0.05) is 55.3 Å². The lowest BCUT2D eigenvalue weighted by atomic mass is 9.49. The van der Waals surface area contributed by atoms with Crippen LogP contribution in [0, 0.1) is 37.0 Å². The lowest BCUT2D eigenvalue weighted by molar-refractivity contribution is -0.130. The topological polar surface area (TPSA) is 203 Å². The standard InChI is InChI=1S/C42H53N9O4/c1-24-12-30(52)13-25(2)32(24)18-35(47-38(53)33(43)7-5-10-51-11-9-45-41(51)44)39(54)48-36(17-29-23-46-34-8-4-3-6-31(29)34)40-49-37(50-55-40)22-42-19-26-14-27(20-42)16-28(15-26)21-42/h3-4,6,8-9,11-13,23,26-28,33,35-36,46,52H,5,7,10,14-22,43H2,1-2H3,(H2,44,45)(H,47,53)(H,48,54)/t26?,27?,28?,33?,35?,36-,42?/m0/s1. The Hall–Kier alpha value is -5.17. The first-order valence-electron chi connectivity index (χ1n) is 19.8. The van der Waals surface area contributed by atoms with Crippen molar-refractivity contribution in [2.75, 3.05) is 5.73 Å². The molecule has 0 spiro atoms. The van der Waals surface area contributed by atoms with E-state index in [2.05, 4.69) is 25.8 Å². The Morgan fingerprint density at radius 1 is 1.04 bits per heavy atom. The zero-order chi connectivity index (χ0) is 38.3. The minimum Gasteiger partial charge on any atom is -0.508 e. The minimum absolute atomic E-state index is 0.142. The van der Waals surface area contributed by atoms with E-state index in [4.69, 9.17) is 21.0 Å². The number of nitrogens with two attached hydrogens (primary N) is 2. The van der Waals surface area contributed by atoms with Crippen molar-refractivity contribution < 1.29 is 19.2 Å². The van der Waals surface area contributed by atoms with Gasteiger partial charge in [0.15, 0.2) is 11.8 Å². The highest BCUT2D eigenvalue weighted by Crippen LogP contribution is 2.61. The number of amides is 2. The lowest BCUT2D eigenvalue weighted by Crippen LogP contribution is -2.53. The van der Waals surface area contributed by atoms with E-state index in [9.17, 15) is 14.7 Å². The number of benzene rings is 2. The third kappa shape index (κ3) is 7.98. The number of H-pyrrole nitrogens is 1. The molecule has 0 saturated heterocycles. The van der Waals surface area contributed by atoms with E-state index in [1.807, 2.05) is 44.3 Å². The molecule has 55 heavy (non-hydrogen) atoms. The molecule has 13 nitrogen and oxygen atoms in total. The third-order valence-electron chi connectivity index (χ3n) is 12.6. The van der Waals surface area contributed by atoms with Gasteiger partial charge in [0.25, 0.3) is 0 Å². The van der Waals surface area contributed by atoms with Gasteiger partial charge in [-0.05, 0) is 129 Å². The van der Waals surface area contributed by atoms with Crippen LogP contribution in [0.3, 0.4) is 0 Å². The molecule has 4 fully saturated rings. The van der Waals surface area contributed by atoms with Crippen molar-refractivity contribution in [3.05, 3.63) is 89.0 Å². The Morgan fingerprint density at radius 3 is 2.44 bits per heavy atom. The van der Waals surface area contributed by atoms with Gasteiger partial charge in [-0.2, -0.15) is 4.98 Å². The Balaban J connectivity index is 1.04. The Bertz CT molecular complexity index is 2110. The average Bonchev–Trinajstić information content (AvgIpc) is 3.88. The monoisotopic (exact) mass is 747 g/mol. The van der Waals surface area contributed by atoms with E-state index in [1.54, 1.807) is 29.1 Å². The van der Waals surface area contributed by atoms with Crippen molar-refractivity contribution in [1.82, 2.24) is 35.3 Å². The van der Waals surface area contributed by atoms with Crippen LogP contribution in [0.25, 0.3) is 10.9 Å². The lowest BCUT2D eigenvalue weighted by Gasteiger charge is -2.56. The van der Waals surface area contributed by atoms with Gasteiger partial charge < -0.3 is 41.3 Å². The van der Waals surface area contributed by atoms with Gasteiger partial charge in [-0.15, -0.1) is 0 Å². The van der Waals surface area contributed by atoms with Crippen LogP contribution in [0.5, 0.6) is 5.75 Å². The number of carbonyl (C=O) groups excluding carboxylic acids is 2. The summed E-state index contributed by atoms with van der Waals surface area (Å²) in [5.74, 6) is 3.17. The summed E-state index contributed by atoms with van der Waals surface area (Å²) in [5, 5.41) is 22.0. The average molecular weight is 748 g/mol. The summed E-state index contributed by atoms with van der Waals surface area (Å²) < 4.78 is 7.82. The van der Waals surface area contributed by atoms with Crippen LogP contribution in [-0.4, -0.2) is 53.7 Å². The second kappa shape index (κ2) is 15.2. The second-order valence-corrected chi connectivity index (χ2v) is 16.8. The first-order chi connectivity index (χ1) is 26.5. The number of anilines is 1. The molecule has 3 heterocycles. The highest BCUT2D eigenvalue weighted by atomic mass is 16.5. The molecule has 4 bridgehead atoms. The molecule has 5 aromatic rings. The Morgan fingerprint density at radius 2 is 1.75 bits per heavy atom. The number of hydrogen-bond acceptors (Lipinski definition) is 9. The molecule has 2 aromatic carbocycles. The smallest absolute Gasteiger partial charge is 0.249 e. The SMILES string of the molecule is Cc1cc(O)cc(C)c1CC(NC(=O)C(N)CCCn1ccnc1N)C(=O)N[C@@H](Cc1c[nH]c2ccccc12)c1nc(CC23CC4CC(CC(C4)C2)C3)no1. The van der Waals surface area contributed by atoms with Crippen LogP contribution in [0.4, 0.5) is 5.95 Å². The van der Waals surface area contributed by atoms with Crippen molar-refractivity contribution in [2.24, 2.45) is 28.9 Å². The molecule has 13 heteroatoms. The van der Waals surface area contributed by atoms with E-state index in [-0.39, 0.29) is 17.6 Å². The van der Waals surface area contributed by atoms with E-state index >= 15 is 0 Å². The fraction of sp³-hybridized carbons (Fsp3) is 0.500. The molecule has 8 N–H and O–H groups in total. The summed E-state index contributed by atoms with van der Waals surface area (Å²) in [6.45, 7) is 4.33. The zero-order valence-electron chi connectivity index (χ0n) is 31.8. The largest absolute Gasteiger partial charge is 0.508 e. The number of aromatic amines is 1. The number of nitrogen functional groups attached to an aromatic ring is 1. The van der Waals surface area contributed by atoms with Gasteiger partial charge >= 0.3 is 0 Å². The normalized spacial score (nSPS) is 23.1. The molecular weight excluding hydrogens is 695 g/mol. The molecule has 290 valence electrons. The molecule has 4 aliphatic carbocycles. The molecule has 0 aliphatic heterocycles. The number of aryl methyl sites for hydroxylation is 3. The van der Waals surface area contributed by atoms with Crippen LogP contribution < -0.4 is 22.1 Å². The second-order valence-electron chi connectivity index (χ2n) is 16.8. The van der Waals surface area contributed by atoms with Crippen LogP contribution in [0.2, 0.25) is 0 Å². The van der Waals surface area contributed by atoms with E-state index in [0.717, 1.165) is 57.3 Å². The van der Waals surface area contributed by atoms with Crippen LogP contribution in [0.1, 0.15) is 91.4 Å². The van der Waals surface area contributed by atoms with Gasteiger partial charge in [-0.3, -0.25) is 9.59 Å². The maximum atomic E-state index is 14.5. The maximum Gasteiger partial charge on any atom is 0.249 e. The van der Waals surface area contributed by atoms with Gasteiger partial charge in [0.05, 0.1) is 6.04 Å². The summed E-state index contributed by atoms with van der Waals surface area (Å²) in [5.41, 5.74) is 17.0. The summed E-state index contributed by atoms with van der Waals surface area (Å²) >= 11 is 0. The minimum atomic E-state index is -0.982. The van der Waals surface area contributed by atoms with E-state index in [0.29, 0.717) is 43.5 Å². The van der Waals surface area contributed by atoms with Gasteiger partial charge in [-0.1, -0.05) is 23.4 Å². The van der Waals surface area contributed by atoms with Crippen molar-refractivity contribution in [3.8, 4) is 5.75 Å². The number of aromatic hydroxyl groups is 1. The van der Waals surface area contributed by atoms with Crippen molar-refractivity contribution in [2.45, 2.75) is 109 Å². The number of aromatic nitrogens is 5. The number of phenolic OH excluding ortho intramolecular Hbond substituents is 1. The number of nitrogens with zero attached hydrogens (tertiary/aromatic N) is 4. The van der Waals surface area contributed by atoms with Crippen molar-refractivity contribution in [1.29, 1.82) is 0 Å². The predicted molar refractivity (Wildman–Crippen MR) is 209 cm³/mol. The molecule has 0 radical (unpaired) electrons. The van der Waals surface area contributed by atoms with Gasteiger partial charge in [-0.25, -0.2) is 4.98 Å². The van der Waals surface area contributed by atoms with E-state index in [1.165, 1.54) is 38.5 Å². The Kier molecular flexibility index (Phi) is 10.1. The quantitative estimate of drug-likeness (QED) is 0.0817. The molecule has 3 aromatic heterocycles. The number of nitrogens with one attached hydrogen (secondary N) is 3. The summed E-state index contributed by atoms with van der Waals surface area (Å²) in [7, 11) is 0. The van der Waals surface area contributed by atoms with Crippen LogP contribution in [0.15, 0.2) is 59.5 Å². The number of hydrogen-bond donors (Lipinski definition) is 6. The first-order valence-corrected chi connectivity index (χ1v) is 19.8. The van der Waals surface area contributed by atoms with Crippen LogP contribution in [-0.2, 0) is 35.4 Å². The Labute approximate surface area is 321 Å². The van der Waals surface area contributed by atoms with Gasteiger partial charge in [0.1, 0.15) is 17.8 Å². The molecule has 2 amide bonds. The molecule has 4 saturated carbocycles. The fourth-order valence-electron chi connectivity index (χ4n) is 10.4. The molecule has 9 rings (SSSR count). The fourth-order valence-corrected chi connectivity index (χ4v) is 10.4. The number of rotatable bonds is 15. The number of carbonyl (C=O) groups is 2. The first kappa shape index (κ1) is 36.8. The zero-order valence-corrected chi connectivity index (χ0v) is 31.8. The number of imidazole rings is 1. The van der Waals surface area contributed by atoms with Crippen LogP contribution >= 0.6 is 0 Å². The molecule has 3 atom stereocenters. The van der Waals surface area contributed by atoms with Crippen molar-refractivity contribution >= 4 is 28.7 Å². The van der Waals surface area contributed by atoms with Gasteiger partial charge in [0.2, 0.25) is 17.7 Å². The van der Waals surface area contributed by atoms with Crippen molar-refractivity contribution in [3.63, 3.8) is 0 Å². The number of fused-ring (bicyclic) bond motifs is 1. The summed E-state index contributed by atoms with van der Waals surface area (Å²) in [6.07, 6.45) is 15.5. The number of phenols is 1. The third-order valence-corrected chi connectivity index (χ3v) is 12.6. The summed E-state index contributed by atoms with van der Waals surface area (Å²) in [4.78, 5) is 40.6.